The van der Waals surface area contributed by atoms with Gasteiger partial charge < -0.3 is 5.32 Å². The van der Waals surface area contributed by atoms with E-state index in [4.69, 9.17) is 11.6 Å². The van der Waals surface area contributed by atoms with Crippen LogP contribution < -0.4 is 5.32 Å². The van der Waals surface area contributed by atoms with Crippen molar-refractivity contribution in [1.82, 2.24) is 5.32 Å². The van der Waals surface area contributed by atoms with Crippen LogP contribution in [-0.2, 0) is 0 Å². The predicted octanol–water partition coefficient (Wildman–Crippen LogP) is 4.02. The predicted molar refractivity (Wildman–Crippen MR) is 67.6 cm³/mol. The molecular weight excluding hydrogens is 206 g/mol. The molecule has 1 aromatic carbocycles. The van der Waals surface area contributed by atoms with Crippen molar-refractivity contribution in [2.24, 2.45) is 0 Å². The van der Waals surface area contributed by atoms with Crippen molar-refractivity contribution in [1.29, 1.82) is 0 Å². The normalized spacial score (nSPS) is 12.9. The van der Waals surface area contributed by atoms with Crippen LogP contribution in [0.2, 0.25) is 5.02 Å². The van der Waals surface area contributed by atoms with E-state index in [1.165, 1.54) is 11.1 Å². The smallest absolute Gasteiger partial charge is 0.0438 e. The first kappa shape index (κ1) is 12.5. The second-order valence-electron chi connectivity index (χ2n) is 4.13. The number of nitrogens with one attached hydrogen (secondary N) is 1. The average molecular weight is 226 g/mol. The van der Waals surface area contributed by atoms with Gasteiger partial charge in [0, 0.05) is 11.1 Å². The molecular formula is C13H20ClN. The van der Waals surface area contributed by atoms with Gasteiger partial charge in [0.15, 0.2) is 0 Å². The van der Waals surface area contributed by atoms with E-state index in [0.717, 1.165) is 23.6 Å². The van der Waals surface area contributed by atoms with Gasteiger partial charge in [-0.15, -0.1) is 0 Å². The van der Waals surface area contributed by atoms with Gasteiger partial charge in [0.05, 0.1) is 0 Å². The Hall–Kier alpha value is -0.530. The zero-order valence-electron chi connectivity index (χ0n) is 10.0. The Morgan fingerprint density at radius 3 is 2.53 bits per heavy atom. The summed E-state index contributed by atoms with van der Waals surface area (Å²) in [6.45, 7) is 9.61. The van der Waals surface area contributed by atoms with E-state index < -0.39 is 0 Å². The van der Waals surface area contributed by atoms with Crippen LogP contribution in [0.1, 0.15) is 43.0 Å². The molecule has 0 saturated heterocycles. The van der Waals surface area contributed by atoms with E-state index in [0.29, 0.717) is 6.04 Å². The van der Waals surface area contributed by atoms with Gasteiger partial charge in [0.25, 0.3) is 0 Å². The molecule has 1 nitrogen and oxygen atoms in total. The van der Waals surface area contributed by atoms with E-state index in [2.05, 4.69) is 45.1 Å². The summed E-state index contributed by atoms with van der Waals surface area (Å²) < 4.78 is 0. The van der Waals surface area contributed by atoms with Crippen LogP contribution in [0.25, 0.3) is 0 Å². The lowest BCUT2D eigenvalue weighted by Gasteiger charge is -2.17. The summed E-state index contributed by atoms with van der Waals surface area (Å²) >= 11 is 6.07. The van der Waals surface area contributed by atoms with Crippen molar-refractivity contribution in [2.75, 3.05) is 6.54 Å². The van der Waals surface area contributed by atoms with Crippen molar-refractivity contribution in [3.05, 3.63) is 33.8 Å². The molecule has 0 radical (unpaired) electrons. The molecule has 0 amide bonds. The van der Waals surface area contributed by atoms with Gasteiger partial charge in [0.2, 0.25) is 0 Å². The monoisotopic (exact) mass is 225 g/mol. The largest absolute Gasteiger partial charge is 0.310 e. The molecule has 0 heterocycles. The van der Waals surface area contributed by atoms with Crippen molar-refractivity contribution >= 4 is 11.6 Å². The molecule has 1 N–H and O–H groups in total. The Labute approximate surface area is 97.8 Å². The van der Waals surface area contributed by atoms with Crippen LogP contribution in [0.4, 0.5) is 0 Å². The van der Waals surface area contributed by atoms with Gasteiger partial charge in [-0.1, -0.05) is 24.6 Å². The summed E-state index contributed by atoms with van der Waals surface area (Å²) in [7, 11) is 0. The summed E-state index contributed by atoms with van der Waals surface area (Å²) in [5.74, 6) is 0. The van der Waals surface area contributed by atoms with Crippen LogP contribution in [0, 0.1) is 13.8 Å². The Kier molecular flexibility index (Phi) is 4.62. The fourth-order valence-corrected chi connectivity index (χ4v) is 1.96. The highest BCUT2D eigenvalue weighted by Gasteiger charge is 2.09. The molecule has 84 valence electrons. The minimum absolute atomic E-state index is 0.404. The fraction of sp³-hybridized carbons (Fsp3) is 0.538. The maximum atomic E-state index is 6.07. The van der Waals surface area contributed by atoms with E-state index in [1.54, 1.807) is 0 Å². The molecule has 1 aromatic rings. The maximum absolute atomic E-state index is 6.07. The number of halogens is 1. The molecule has 2 heteroatoms. The Morgan fingerprint density at radius 1 is 1.27 bits per heavy atom. The summed E-state index contributed by atoms with van der Waals surface area (Å²) in [5.41, 5.74) is 3.77. The Balaban J connectivity index is 2.88. The second-order valence-corrected chi connectivity index (χ2v) is 4.54. The van der Waals surface area contributed by atoms with Gasteiger partial charge >= 0.3 is 0 Å². The molecule has 0 aliphatic heterocycles. The lowest BCUT2D eigenvalue weighted by molar-refractivity contribution is 0.568. The van der Waals surface area contributed by atoms with E-state index in [1.807, 2.05) is 0 Å². The highest BCUT2D eigenvalue weighted by molar-refractivity contribution is 6.31. The second kappa shape index (κ2) is 5.53. The lowest BCUT2D eigenvalue weighted by Crippen LogP contribution is -2.20. The first-order valence-corrected chi connectivity index (χ1v) is 5.94. The number of benzene rings is 1. The molecule has 0 spiro atoms. The van der Waals surface area contributed by atoms with Crippen molar-refractivity contribution < 1.29 is 0 Å². The first-order chi connectivity index (χ1) is 7.06. The molecule has 0 aliphatic carbocycles. The molecule has 0 fully saturated rings. The SMILES string of the molecule is CCCNC(C)c1cc(C)c(Cl)cc1C. The molecule has 0 saturated carbocycles. The van der Waals surface area contributed by atoms with E-state index >= 15 is 0 Å². The topological polar surface area (TPSA) is 12.0 Å². The minimum Gasteiger partial charge on any atom is -0.310 e. The molecule has 0 aliphatic rings. The van der Waals surface area contributed by atoms with Crippen molar-refractivity contribution in [2.45, 2.75) is 40.2 Å². The number of rotatable bonds is 4. The molecule has 0 bridgehead atoms. The quantitative estimate of drug-likeness (QED) is 0.816. The van der Waals surface area contributed by atoms with Gasteiger partial charge in [-0.2, -0.15) is 0 Å². The van der Waals surface area contributed by atoms with Crippen LogP contribution in [-0.4, -0.2) is 6.54 Å². The van der Waals surface area contributed by atoms with Gasteiger partial charge in [-0.25, -0.2) is 0 Å². The third kappa shape index (κ3) is 3.22. The van der Waals surface area contributed by atoms with Gasteiger partial charge in [-0.05, 0) is 56.5 Å². The highest BCUT2D eigenvalue weighted by atomic mass is 35.5. The van der Waals surface area contributed by atoms with Gasteiger partial charge in [-0.3, -0.25) is 0 Å². The maximum Gasteiger partial charge on any atom is 0.0438 e. The van der Waals surface area contributed by atoms with Crippen molar-refractivity contribution in [3.8, 4) is 0 Å². The summed E-state index contributed by atoms with van der Waals surface area (Å²) in [6.07, 6.45) is 1.16. The number of aryl methyl sites for hydroxylation is 2. The fourth-order valence-electron chi connectivity index (χ4n) is 1.74. The third-order valence-corrected chi connectivity index (χ3v) is 3.12. The number of hydrogen-bond acceptors (Lipinski definition) is 1. The van der Waals surface area contributed by atoms with Gasteiger partial charge in [0.1, 0.15) is 0 Å². The van der Waals surface area contributed by atoms with Crippen LogP contribution in [0.5, 0.6) is 0 Å². The van der Waals surface area contributed by atoms with Crippen LogP contribution in [0.3, 0.4) is 0 Å². The minimum atomic E-state index is 0.404. The molecule has 1 unspecified atom stereocenters. The highest BCUT2D eigenvalue weighted by Crippen LogP contribution is 2.24. The zero-order valence-corrected chi connectivity index (χ0v) is 10.8. The first-order valence-electron chi connectivity index (χ1n) is 5.56. The Bertz CT molecular complexity index is 334. The summed E-state index contributed by atoms with van der Waals surface area (Å²) in [5, 5.41) is 4.35. The lowest BCUT2D eigenvalue weighted by atomic mass is 10.00. The van der Waals surface area contributed by atoms with E-state index in [-0.39, 0.29) is 0 Å². The van der Waals surface area contributed by atoms with E-state index in [9.17, 15) is 0 Å². The molecule has 0 aromatic heterocycles. The zero-order chi connectivity index (χ0) is 11.4. The molecule has 1 atom stereocenters. The summed E-state index contributed by atoms with van der Waals surface area (Å²) in [6, 6.07) is 4.64. The third-order valence-electron chi connectivity index (χ3n) is 2.71. The molecule has 15 heavy (non-hydrogen) atoms. The van der Waals surface area contributed by atoms with Crippen molar-refractivity contribution in [3.63, 3.8) is 0 Å². The summed E-state index contributed by atoms with van der Waals surface area (Å²) in [4.78, 5) is 0. The van der Waals surface area contributed by atoms with Crippen LogP contribution in [0.15, 0.2) is 12.1 Å². The molecule has 1 rings (SSSR count). The standard InChI is InChI=1S/C13H20ClN/c1-5-6-15-11(4)12-7-10(3)13(14)8-9(12)2/h7-8,11,15H,5-6H2,1-4H3. The van der Waals surface area contributed by atoms with Crippen LogP contribution >= 0.6 is 11.6 Å². The average Bonchev–Trinajstić information content (AvgIpc) is 2.20. The number of hydrogen-bond donors (Lipinski definition) is 1. The Morgan fingerprint density at radius 2 is 1.93 bits per heavy atom.